The molecule has 1 aromatic rings. The van der Waals surface area contributed by atoms with Gasteiger partial charge in [-0.25, -0.2) is 0 Å². The van der Waals surface area contributed by atoms with Gasteiger partial charge in [-0.05, 0) is 107 Å². The van der Waals surface area contributed by atoms with E-state index in [4.69, 9.17) is 16.3 Å². The minimum absolute atomic E-state index is 0.0119. The monoisotopic (exact) mass is 1350 g/mol. The number of hydrogen-bond acceptors (Lipinski definition) is 12. The Bertz CT molecular complexity index is 2830. The largest absolute Gasteiger partial charge is 0.417 e. The van der Waals surface area contributed by atoms with Crippen LogP contribution in [0.5, 0.6) is 0 Å². The quantitative estimate of drug-likeness (QED) is 0.167. The number of halogens is 4. The molecule has 2 saturated carbocycles. The van der Waals surface area contributed by atoms with Crippen LogP contribution in [0.1, 0.15) is 169 Å². The highest BCUT2D eigenvalue weighted by molar-refractivity contribution is 6.31. The SMILES string of the molecule is CCOCCN1CC(=O)N(C)[C@@H](CC2CCCCC2)C(=O)N(C)CC(=O)N[C@@H](CCc2ccc(C(F)(F)F)c(Cl)c2)C(=O)N2CCCC2C(=O)NC2(CCCC2)C(=O)N(C)[C@@H](C(C)C)C(=O)N[C@H](C)CC(=O)N(C)[C@@H](CC(C)C)C(=O)N[C@@H]([C@@H](C)CC)C(=O)N(C)CC1=O. The molecule has 0 radical (unpaired) electrons. The third kappa shape index (κ3) is 21.0. The molecule has 2 aliphatic carbocycles. The minimum Gasteiger partial charge on any atom is -0.380 e. The summed E-state index contributed by atoms with van der Waals surface area (Å²) >= 11 is 6.13. The summed E-state index contributed by atoms with van der Waals surface area (Å²) in [5, 5.41) is 11.0. The first-order valence-corrected chi connectivity index (χ1v) is 34.1. The van der Waals surface area contributed by atoms with E-state index in [9.17, 15) is 56.3 Å². The van der Waals surface area contributed by atoms with Gasteiger partial charge in [0.15, 0.2) is 0 Å². The molecule has 2 heterocycles. The number of rotatable bonds is 14. The molecule has 5 rings (SSSR count). The fourth-order valence-corrected chi connectivity index (χ4v) is 13.8. The highest BCUT2D eigenvalue weighted by Gasteiger charge is 2.50. The molecule has 2 saturated heterocycles. The van der Waals surface area contributed by atoms with Crippen molar-refractivity contribution in [1.29, 1.82) is 0 Å². The van der Waals surface area contributed by atoms with Crippen LogP contribution in [0.4, 0.5) is 13.2 Å². The van der Waals surface area contributed by atoms with Crippen molar-refractivity contribution in [1.82, 2.24) is 55.6 Å². The lowest BCUT2D eigenvalue weighted by Gasteiger charge is -2.39. The van der Waals surface area contributed by atoms with E-state index in [-0.39, 0.29) is 89.5 Å². The summed E-state index contributed by atoms with van der Waals surface area (Å²) in [7, 11) is 7.18. The molecule has 1 spiro atoms. The van der Waals surface area contributed by atoms with Gasteiger partial charge in [-0.2, -0.15) is 13.2 Å². The predicted molar refractivity (Wildman–Crippen MR) is 348 cm³/mol. The van der Waals surface area contributed by atoms with Crippen molar-refractivity contribution in [2.24, 2.45) is 23.7 Å². The Kier molecular flexibility index (Phi) is 29.4. The smallest absolute Gasteiger partial charge is 0.380 e. The van der Waals surface area contributed by atoms with Crippen LogP contribution in [0.15, 0.2) is 18.2 Å². The van der Waals surface area contributed by atoms with E-state index in [1.54, 1.807) is 34.6 Å². The molecule has 0 bridgehead atoms. The fraction of sp³-hybridized carbons (Fsp3) is 0.746. The van der Waals surface area contributed by atoms with E-state index in [0.29, 0.717) is 31.2 Å². The van der Waals surface area contributed by atoms with Crippen molar-refractivity contribution in [3.8, 4) is 0 Å². The number of benzene rings is 1. The highest BCUT2D eigenvalue weighted by Crippen LogP contribution is 2.37. The first-order valence-electron chi connectivity index (χ1n) is 33.7. The summed E-state index contributed by atoms with van der Waals surface area (Å²) in [6, 6.07) is -4.70. The summed E-state index contributed by atoms with van der Waals surface area (Å²) < 4.78 is 47.0. The number of fused-ring (bicyclic) bond motifs is 1. The molecule has 4 aliphatic rings. The van der Waals surface area contributed by atoms with Crippen molar-refractivity contribution in [2.75, 3.05) is 81.2 Å². The second-order valence-electron chi connectivity index (χ2n) is 27.3. The number of likely N-dealkylation sites (N-methyl/N-ethyl adjacent to an activating group) is 5. The summed E-state index contributed by atoms with van der Waals surface area (Å²) in [4.78, 5) is 170. The van der Waals surface area contributed by atoms with Crippen LogP contribution in [-0.4, -0.2) is 228 Å². The molecule has 27 heteroatoms. The predicted octanol–water partition coefficient (Wildman–Crippen LogP) is 5.57. The van der Waals surface area contributed by atoms with Gasteiger partial charge in [0, 0.05) is 67.4 Å². The first kappa shape index (κ1) is 78.1. The standard InChI is InChI=1S/C67H105ClF3N11O12/c1-14-43(7)57-64(92)77(10)39-56(86)81(32-33-94-15-2)40-55(85)79(12)52(37-45-22-17-16-18-23-45)63(91)76(9)38-53(83)73-49(28-26-46-25-27-47(48(68)36-46)67(69,70)71)62(90)82-31-21-24-50(82)60(88)75-66(29-19-20-30-66)65(93)80(13)58(42(5)6)61(89)72-44(8)35-54(84)78(11)51(34-41(3)4)59(87)74-57/h25,27,36,41-45,49-52,57-58H,14-24,26,28-35,37-40H2,1-13H3,(H,72,89)(H,73,83)(H,74,87)(H,75,88)/t43-,44+,49-,50?,51-,52-,57-,58-/m0/s1. The van der Waals surface area contributed by atoms with Crippen molar-refractivity contribution in [2.45, 2.75) is 219 Å². The zero-order valence-corrected chi connectivity index (χ0v) is 58.4. The zero-order chi connectivity index (χ0) is 70.1. The van der Waals surface area contributed by atoms with Crippen LogP contribution in [0.25, 0.3) is 0 Å². The zero-order valence-electron chi connectivity index (χ0n) is 57.6. The average Bonchev–Trinajstić information content (AvgIpc) is 1.54. The van der Waals surface area contributed by atoms with E-state index in [2.05, 4.69) is 21.3 Å². The molecular formula is C67H105ClF3N11O12. The Hall–Kier alpha value is -6.57. The number of nitrogens with zero attached hydrogens (tertiary/aromatic N) is 7. The minimum atomic E-state index is -4.75. The van der Waals surface area contributed by atoms with Gasteiger partial charge in [-0.3, -0.25) is 52.7 Å². The highest BCUT2D eigenvalue weighted by atomic mass is 35.5. The van der Waals surface area contributed by atoms with Gasteiger partial charge in [0.05, 0.1) is 36.8 Å². The number of ether oxygens (including phenoxy) is 1. The van der Waals surface area contributed by atoms with Gasteiger partial charge < -0.3 is 60.3 Å². The normalized spacial score (nSPS) is 25.7. The molecule has 0 aromatic heterocycles. The molecular weight excluding hydrogens is 1240 g/mol. The average molecular weight is 1350 g/mol. The lowest BCUT2D eigenvalue weighted by atomic mass is 9.84. The number of carbonyl (C=O) groups is 11. The Labute approximate surface area is 558 Å². The van der Waals surface area contributed by atoms with E-state index in [0.717, 1.165) is 49.1 Å². The Morgan fingerprint density at radius 1 is 0.691 bits per heavy atom. The van der Waals surface area contributed by atoms with Gasteiger partial charge in [-0.15, -0.1) is 0 Å². The van der Waals surface area contributed by atoms with Crippen LogP contribution in [0, 0.1) is 23.7 Å². The van der Waals surface area contributed by atoms with Gasteiger partial charge in [0.25, 0.3) is 0 Å². The summed E-state index contributed by atoms with van der Waals surface area (Å²) in [5.74, 6) is -7.95. The Morgan fingerprint density at radius 3 is 1.93 bits per heavy atom. The van der Waals surface area contributed by atoms with Gasteiger partial charge in [0.1, 0.15) is 41.8 Å². The first-order chi connectivity index (χ1) is 44.2. The number of carbonyl (C=O) groups excluding carboxylic acids is 11. The molecule has 1 unspecified atom stereocenters. The van der Waals surface area contributed by atoms with Gasteiger partial charge >= 0.3 is 6.18 Å². The number of aryl methyl sites for hydroxylation is 1. The van der Waals surface area contributed by atoms with Gasteiger partial charge in [0.2, 0.25) is 65.0 Å². The van der Waals surface area contributed by atoms with Gasteiger partial charge in [-0.1, -0.05) is 111 Å². The van der Waals surface area contributed by atoms with Crippen LogP contribution >= 0.6 is 11.6 Å². The third-order valence-corrected chi connectivity index (χ3v) is 19.5. The van der Waals surface area contributed by atoms with Crippen LogP contribution in [0.3, 0.4) is 0 Å². The molecule has 8 atom stereocenters. The number of hydrogen-bond donors (Lipinski definition) is 4. The molecule has 1 aromatic carbocycles. The second kappa shape index (κ2) is 35.4. The second-order valence-corrected chi connectivity index (χ2v) is 27.7. The maximum atomic E-state index is 15.1. The van der Waals surface area contributed by atoms with E-state index >= 15 is 9.59 Å². The maximum absolute atomic E-state index is 15.1. The number of alkyl halides is 3. The third-order valence-electron chi connectivity index (χ3n) is 19.2. The maximum Gasteiger partial charge on any atom is 0.417 e. The van der Waals surface area contributed by atoms with Crippen molar-refractivity contribution >= 4 is 76.6 Å². The number of amides is 11. The molecule has 23 nitrogen and oxygen atoms in total. The van der Waals surface area contributed by atoms with Crippen LogP contribution in [0.2, 0.25) is 5.02 Å². The summed E-state index contributed by atoms with van der Waals surface area (Å²) in [5.41, 5.74) is -2.26. The van der Waals surface area contributed by atoms with E-state index in [1.807, 2.05) is 20.8 Å². The Morgan fingerprint density at radius 2 is 1.33 bits per heavy atom. The number of nitrogens with one attached hydrogen (secondary N) is 4. The van der Waals surface area contributed by atoms with Crippen LogP contribution < -0.4 is 21.3 Å². The molecule has 4 fully saturated rings. The van der Waals surface area contributed by atoms with E-state index < -0.39 is 161 Å². The Balaban J connectivity index is 1.58. The molecule has 4 N–H and O–H groups in total. The van der Waals surface area contributed by atoms with Crippen molar-refractivity contribution < 1.29 is 70.6 Å². The summed E-state index contributed by atoms with van der Waals surface area (Å²) in [6.07, 6.45) is 1.90. The molecule has 528 valence electrons. The molecule has 94 heavy (non-hydrogen) atoms. The topological polar surface area (TPSA) is 268 Å². The lowest BCUT2D eigenvalue weighted by Crippen LogP contribution is -2.64. The molecule has 11 amide bonds. The van der Waals surface area contributed by atoms with Crippen molar-refractivity contribution in [3.05, 3.63) is 34.3 Å². The fourth-order valence-electron chi connectivity index (χ4n) is 13.5. The van der Waals surface area contributed by atoms with Crippen molar-refractivity contribution in [3.63, 3.8) is 0 Å². The van der Waals surface area contributed by atoms with Crippen LogP contribution in [-0.2, 0) is 70.1 Å². The van der Waals surface area contributed by atoms with E-state index in [1.165, 1.54) is 70.7 Å². The lowest BCUT2D eigenvalue weighted by molar-refractivity contribution is -0.150. The summed E-state index contributed by atoms with van der Waals surface area (Å²) in [6.45, 7) is 12.9. The molecule has 2 aliphatic heterocycles.